The summed E-state index contributed by atoms with van der Waals surface area (Å²) in [5.41, 5.74) is -0.157. The van der Waals surface area contributed by atoms with Gasteiger partial charge in [0.15, 0.2) is 5.78 Å². The van der Waals surface area contributed by atoms with Crippen molar-refractivity contribution in [1.29, 1.82) is 0 Å². The van der Waals surface area contributed by atoms with Gasteiger partial charge in [0.05, 0.1) is 11.4 Å². The van der Waals surface area contributed by atoms with Crippen LogP contribution in [0.25, 0.3) is 0 Å². The van der Waals surface area contributed by atoms with E-state index >= 15 is 0 Å². The number of ketones is 1. The van der Waals surface area contributed by atoms with Gasteiger partial charge < -0.3 is 5.32 Å². The number of piperazine rings is 1. The van der Waals surface area contributed by atoms with Gasteiger partial charge in [-0.25, -0.2) is 8.42 Å². The van der Waals surface area contributed by atoms with Crippen LogP contribution < -0.4 is 5.32 Å². The summed E-state index contributed by atoms with van der Waals surface area (Å²) in [6, 6.07) is 5.96. The number of amides is 1. The highest BCUT2D eigenvalue weighted by Gasteiger charge is 2.30. The number of carbonyl (C=O) groups is 2. The number of hydrogen-bond donors (Lipinski definition) is 1. The Kier molecular flexibility index (Phi) is 7.58. The average Bonchev–Trinajstić information content (AvgIpc) is 2.72. The van der Waals surface area contributed by atoms with E-state index in [0.717, 1.165) is 0 Å². The molecule has 0 aliphatic carbocycles. The normalized spacial score (nSPS) is 16.2. The third-order valence-electron chi connectivity index (χ3n) is 5.46. The van der Waals surface area contributed by atoms with Crippen molar-refractivity contribution in [1.82, 2.24) is 14.5 Å². The van der Waals surface area contributed by atoms with Crippen LogP contribution in [0.2, 0.25) is 0 Å². The molecule has 0 spiro atoms. The maximum Gasteiger partial charge on any atom is 0.243 e. The Morgan fingerprint density at radius 2 is 1.66 bits per heavy atom. The lowest BCUT2D eigenvalue weighted by atomic mass is 9.94. The first-order chi connectivity index (χ1) is 13.7. The minimum atomic E-state index is -3.63. The Morgan fingerprint density at radius 3 is 2.10 bits per heavy atom. The van der Waals surface area contributed by atoms with Gasteiger partial charge >= 0.3 is 0 Å². The largest absolute Gasteiger partial charge is 0.339 e. The second-order valence-corrected chi connectivity index (χ2v) is 9.18. The van der Waals surface area contributed by atoms with Crippen LogP contribution in [-0.2, 0) is 14.8 Å². The van der Waals surface area contributed by atoms with Crippen LogP contribution in [-0.4, -0.2) is 67.6 Å². The zero-order valence-electron chi connectivity index (χ0n) is 17.3. The van der Waals surface area contributed by atoms with Crippen molar-refractivity contribution in [2.75, 3.05) is 32.7 Å². The molecule has 0 aromatic heterocycles. The SMILES string of the molecule is C#CC(CC)(CC)NC(=O)CN1CCN(S(=O)(=O)c2ccc(C(C)=O)cc2)CC1. The first kappa shape index (κ1) is 23.1. The van der Waals surface area contributed by atoms with E-state index in [0.29, 0.717) is 44.6 Å². The Morgan fingerprint density at radius 1 is 1.10 bits per heavy atom. The zero-order valence-corrected chi connectivity index (χ0v) is 18.1. The quantitative estimate of drug-likeness (QED) is 0.510. The number of carbonyl (C=O) groups excluding carboxylic acids is 2. The topological polar surface area (TPSA) is 86.8 Å². The van der Waals surface area contributed by atoms with Gasteiger partial charge in [-0.15, -0.1) is 6.42 Å². The van der Waals surface area contributed by atoms with E-state index in [9.17, 15) is 18.0 Å². The van der Waals surface area contributed by atoms with Crippen LogP contribution >= 0.6 is 0 Å². The van der Waals surface area contributed by atoms with Crippen LogP contribution in [0.3, 0.4) is 0 Å². The van der Waals surface area contributed by atoms with Gasteiger partial charge in [0, 0.05) is 31.7 Å². The fourth-order valence-electron chi connectivity index (χ4n) is 3.32. The van der Waals surface area contributed by atoms with Crippen molar-refractivity contribution >= 4 is 21.7 Å². The van der Waals surface area contributed by atoms with Gasteiger partial charge in [-0.3, -0.25) is 14.5 Å². The maximum absolute atomic E-state index is 12.8. The number of nitrogens with zero attached hydrogens (tertiary/aromatic N) is 2. The molecule has 0 unspecified atom stereocenters. The molecule has 1 aromatic rings. The molecular formula is C21H29N3O4S. The molecular weight excluding hydrogens is 390 g/mol. The highest BCUT2D eigenvalue weighted by Crippen LogP contribution is 2.19. The van der Waals surface area contributed by atoms with E-state index in [-0.39, 0.29) is 23.1 Å². The van der Waals surface area contributed by atoms with E-state index in [2.05, 4.69) is 11.2 Å². The number of Topliss-reactive ketones (excluding diaryl/α,β-unsaturated/α-hetero) is 1. The average molecular weight is 420 g/mol. The summed E-state index contributed by atoms with van der Waals surface area (Å²) in [6.07, 6.45) is 6.89. The molecule has 1 amide bonds. The van der Waals surface area contributed by atoms with Gasteiger partial charge in [-0.05, 0) is 31.9 Å². The molecule has 158 valence electrons. The van der Waals surface area contributed by atoms with E-state index < -0.39 is 15.6 Å². The number of hydrogen-bond acceptors (Lipinski definition) is 5. The third-order valence-corrected chi connectivity index (χ3v) is 7.37. The highest BCUT2D eigenvalue weighted by atomic mass is 32.2. The predicted octanol–water partition coefficient (Wildman–Crippen LogP) is 1.50. The van der Waals surface area contributed by atoms with Crippen molar-refractivity contribution in [3.63, 3.8) is 0 Å². The third kappa shape index (κ3) is 5.44. The summed E-state index contributed by atoms with van der Waals surface area (Å²) in [4.78, 5) is 25.8. The molecule has 2 rings (SSSR count). The molecule has 7 nitrogen and oxygen atoms in total. The molecule has 29 heavy (non-hydrogen) atoms. The zero-order chi connectivity index (χ0) is 21.7. The second-order valence-electron chi connectivity index (χ2n) is 7.24. The number of nitrogens with one attached hydrogen (secondary N) is 1. The van der Waals surface area contributed by atoms with Crippen molar-refractivity contribution in [2.45, 2.75) is 44.0 Å². The van der Waals surface area contributed by atoms with Gasteiger partial charge in [0.1, 0.15) is 5.54 Å². The summed E-state index contributed by atoms with van der Waals surface area (Å²) in [5, 5.41) is 2.93. The Bertz CT molecular complexity index is 875. The summed E-state index contributed by atoms with van der Waals surface area (Å²) in [5.74, 6) is 2.42. The molecule has 1 heterocycles. The predicted molar refractivity (Wildman–Crippen MR) is 112 cm³/mol. The van der Waals surface area contributed by atoms with Gasteiger partial charge in [-0.2, -0.15) is 4.31 Å². The molecule has 8 heteroatoms. The van der Waals surface area contributed by atoms with Gasteiger partial charge in [0.2, 0.25) is 15.9 Å². The fraction of sp³-hybridized carbons (Fsp3) is 0.524. The van der Waals surface area contributed by atoms with E-state index in [1.54, 1.807) is 0 Å². The molecule has 0 radical (unpaired) electrons. The Balaban J connectivity index is 1.95. The van der Waals surface area contributed by atoms with Crippen molar-refractivity contribution in [3.8, 4) is 12.3 Å². The Hall–Kier alpha value is -2.21. The molecule has 0 bridgehead atoms. The lowest BCUT2D eigenvalue weighted by Gasteiger charge is -2.34. The summed E-state index contributed by atoms with van der Waals surface area (Å²) in [6.45, 7) is 7.02. The molecule has 0 saturated carbocycles. The monoisotopic (exact) mass is 419 g/mol. The van der Waals surface area contributed by atoms with Crippen LogP contribution in [0.15, 0.2) is 29.2 Å². The summed E-state index contributed by atoms with van der Waals surface area (Å²) >= 11 is 0. The van der Waals surface area contributed by atoms with Crippen LogP contribution in [0.4, 0.5) is 0 Å². The van der Waals surface area contributed by atoms with Crippen LogP contribution in [0.5, 0.6) is 0 Å². The second kappa shape index (κ2) is 9.53. The Labute approximate surface area is 173 Å². The summed E-state index contributed by atoms with van der Waals surface area (Å²) in [7, 11) is -3.63. The van der Waals surface area contributed by atoms with E-state index in [4.69, 9.17) is 6.42 Å². The number of terminal acetylenes is 1. The van der Waals surface area contributed by atoms with Crippen LogP contribution in [0, 0.1) is 12.3 Å². The maximum atomic E-state index is 12.8. The highest BCUT2D eigenvalue weighted by molar-refractivity contribution is 7.89. The lowest BCUT2D eigenvalue weighted by molar-refractivity contribution is -0.124. The molecule has 1 fully saturated rings. The van der Waals surface area contributed by atoms with Gasteiger partial charge in [-0.1, -0.05) is 31.9 Å². The summed E-state index contributed by atoms with van der Waals surface area (Å²) < 4.78 is 27.1. The van der Waals surface area contributed by atoms with Crippen molar-refractivity contribution in [3.05, 3.63) is 29.8 Å². The standard InChI is InChI=1S/C21H29N3O4S/c1-5-21(6-2,7-3)22-20(26)16-23-12-14-24(15-13-23)29(27,28)19-10-8-18(9-11-19)17(4)25/h1,8-11H,6-7,12-16H2,2-4H3,(H,22,26). The first-order valence-corrected chi connectivity index (χ1v) is 11.2. The molecule has 1 aliphatic heterocycles. The van der Waals surface area contributed by atoms with Crippen molar-refractivity contribution in [2.24, 2.45) is 0 Å². The molecule has 1 N–H and O–H groups in total. The van der Waals surface area contributed by atoms with E-state index in [1.807, 2.05) is 18.7 Å². The lowest BCUT2D eigenvalue weighted by Crippen LogP contribution is -2.54. The number of benzene rings is 1. The number of rotatable bonds is 8. The molecule has 1 aromatic carbocycles. The molecule has 1 aliphatic rings. The minimum Gasteiger partial charge on any atom is -0.339 e. The van der Waals surface area contributed by atoms with Gasteiger partial charge in [0.25, 0.3) is 0 Å². The van der Waals surface area contributed by atoms with Crippen LogP contribution in [0.1, 0.15) is 44.0 Å². The fourth-order valence-corrected chi connectivity index (χ4v) is 4.74. The molecule has 1 saturated heterocycles. The smallest absolute Gasteiger partial charge is 0.243 e. The molecule has 0 atom stereocenters. The van der Waals surface area contributed by atoms with Crippen molar-refractivity contribution < 1.29 is 18.0 Å². The first-order valence-electron chi connectivity index (χ1n) is 9.79. The minimum absolute atomic E-state index is 0.110. The number of sulfonamides is 1. The van der Waals surface area contributed by atoms with E-state index in [1.165, 1.54) is 35.5 Å².